The first-order valence-corrected chi connectivity index (χ1v) is 7.78. The van der Waals surface area contributed by atoms with Crippen LogP contribution < -0.4 is 0 Å². The van der Waals surface area contributed by atoms with Gasteiger partial charge in [0.1, 0.15) is 0 Å². The van der Waals surface area contributed by atoms with Crippen molar-refractivity contribution >= 4 is 0 Å². The van der Waals surface area contributed by atoms with Gasteiger partial charge >= 0.3 is 0 Å². The molecular formula is C19H20N4. The Balaban J connectivity index is 1.83. The predicted molar refractivity (Wildman–Crippen MR) is 90.4 cm³/mol. The van der Waals surface area contributed by atoms with Crippen LogP contribution in [0, 0.1) is 0 Å². The maximum absolute atomic E-state index is 4.50. The number of pyridine rings is 3. The van der Waals surface area contributed by atoms with Gasteiger partial charge in [-0.2, -0.15) is 0 Å². The maximum Gasteiger partial charge on any atom is 0.0572 e. The summed E-state index contributed by atoms with van der Waals surface area (Å²) in [5, 5.41) is 0. The van der Waals surface area contributed by atoms with Gasteiger partial charge in [0.05, 0.1) is 23.1 Å². The molecule has 0 saturated carbocycles. The third kappa shape index (κ3) is 4.20. The first-order chi connectivity index (χ1) is 11.3. The van der Waals surface area contributed by atoms with E-state index in [9.17, 15) is 0 Å². The molecule has 0 aromatic carbocycles. The standard InChI is InChI=1S/C19H20N4/c1-16(19-10-4-7-13-22-19)23(14-17-8-2-5-11-20-17)15-18-9-3-6-12-21-18/h2-13,16H,14-15H2,1H3/t16-/m1/s1. The normalized spacial score (nSPS) is 12.3. The van der Waals surface area contributed by atoms with E-state index in [2.05, 4.69) is 45.0 Å². The average molecular weight is 304 g/mol. The number of rotatable bonds is 6. The van der Waals surface area contributed by atoms with Crippen molar-refractivity contribution in [3.63, 3.8) is 0 Å². The molecule has 0 spiro atoms. The van der Waals surface area contributed by atoms with Crippen molar-refractivity contribution in [1.29, 1.82) is 0 Å². The average Bonchev–Trinajstić information content (AvgIpc) is 2.63. The first-order valence-electron chi connectivity index (χ1n) is 7.78. The highest BCUT2D eigenvalue weighted by atomic mass is 15.2. The van der Waals surface area contributed by atoms with Gasteiger partial charge in [-0.1, -0.05) is 18.2 Å². The number of nitrogens with zero attached hydrogens (tertiary/aromatic N) is 4. The summed E-state index contributed by atoms with van der Waals surface area (Å²) in [5.74, 6) is 0. The second-order valence-electron chi connectivity index (χ2n) is 5.48. The predicted octanol–water partition coefficient (Wildman–Crippen LogP) is 3.64. The summed E-state index contributed by atoms with van der Waals surface area (Å²) in [7, 11) is 0. The van der Waals surface area contributed by atoms with Crippen LogP contribution in [0.2, 0.25) is 0 Å². The molecule has 0 radical (unpaired) electrons. The minimum Gasteiger partial charge on any atom is -0.283 e. The lowest BCUT2D eigenvalue weighted by molar-refractivity contribution is 0.184. The molecule has 0 fully saturated rings. The minimum atomic E-state index is 0.181. The van der Waals surface area contributed by atoms with E-state index in [1.807, 2.05) is 55.0 Å². The van der Waals surface area contributed by atoms with Crippen molar-refractivity contribution in [2.45, 2.75) is 26.1 Å². The van der Waals surface area contributed by atoms with E-state index in [-0.39, 0.29) is 6.04 Å². The zero-order valence-electron chi connectivity index (χ0n) is 13.2. The fraction of sp³-hybridized carbons (Fsp3) is 0.211. The zero-order chi connectivity index (χ0) is 15.9. The molecule has 0 saturated heterocycles. The van der Waals surface area contributed by atoms with E-state index in [0.29, 0.717) is 0 Å². The molecule has 1 atom stereocenters. The largest absolute Gasteiger partial charge is 0.283 e. The molecule has 4 heteroatoms. The summed E-state index contributed by atoms with van der Waals surface area (Å²) in [5.41, 5.74) is 3.15. The Morgan fingerprint density at radius 2 is 1.26 bits per heavy atom. The highest BCUT2D eigenvalue weighted by Gasteiger charge is 2.18. The van der Waals surface area contributed by atoms with Crippen molar-refractivity contribution in [2.24, 2.45) is 0 Å². The Morgan fingerprint density at radius 3 is 1.70 bits per heavy atom. The van der Waals surface area contributed by atoms with Gasteiger partial charge in [-0.25, -0.2) is 0 Å². The van der Waals surface area contributed by atoms with E-state index < -0.39 is 0 Å². The summed E-state index contributed by atoms with van der Waals surface area (Å²) in [6, 6.07) is 18.2. The SMILES string of the molecule is C[C@H](c1ccccn1)N(Cc1ccccn1)Cc1ccccn1. The Kier molecular flexibility index (Phi) is 5.06. The van der Waals surface area contributed by atoms with Crippen molar-refractivity contribution in [3.05, 3.63) is 90.3 Å². The summed E-state index contributed by atoms with van der Waals surface area (Å²) < 4.78 is 0. The van der Waals surface area contributed by atoms with Gasteiger partial charge in [-0.3, -0.25) is 19.9 Å². The van der Waals surface area contributed by atoms with Crippen LogP contribution in [0.5, 0.6) is 0 Å². The molecule has 116 valence electrons. The van der Waals surface area contributed by atoms with Gasteiger partial charge in [0, 0.05) is 31.7 Å². The van der Waals surface area contributed by atoms with E-state index >= 15 is 0 Å². The molecule has 0 N–H and O–H groups in total. The highest BCUT2D eigenvalue weighted by molar-refractivity contribution is 5.11. The smallest absolute Gasteiger partial charge is 0.0572 e. The second kappa shape index (κ2) is 7.61. The maximum atomic E-state index is 4.50. The fourth-order valence-corrected chi connectivity index (χ4v) is 2.54. The Morgan fingerprint density at radius 1 is 0.739 bits per heavy atom. The van der Waals surface area contributed by atoms with Crippen molar-refractivity contribution in [2.75, 3.05) is 0 Å². The van der Waals surface area contributed by atoms with Crippen LogP contribution in [0.1, 0.15) is 30.0 Å². The zero-order valence-corrected chi connectivity index (χ0v) is 13.2. The van der Waals surface area contributed by atoms with Gasteiger partial charge in [0.2, 0.25) is 0 Å². The van der Waals surface area contributed by atoms with Gasteiger partial charge in [0.15, 0.2) is 0 Å². The molecule has 3 aromatic rings. The molecule has 0 aliphatic rings. The lowest BCUT2D eigenvalue weighted by atomic mass is 10.1. The highest BCUT2D eigenvalue weighted by Crippen LogP contribution is 2.22. The van der Waals surface area contributed by atoms with Gasteiger partial charge in [-0.15, -0.1) is 0 Å². The minimum absolute atomic E-state index is 0.181. The molecule has 23 heavy (non-hydrogen) atoms. The monoisotopic (exact) mass is 304 g/mol. The summed E-state index contributed by atoms with van der Waals surface area (Å²) in [6.07, 6.45) is 5.50. The summed E-state index contributed by atoms with van der Waals surface area (Å²) in [4.78, 5) is 15.7. The van der Waals surface area contributed by atoms with Crippen LogP contribution in [0.15, 0.2) is 73.2 Å². The van der Waals surface area contributed by atoms with Crippen LogP contribution in [0.25, 0.3) is 0 Å². The Hall–Kier alpha value is -2.59. The summed E-state index contributed by atoms with van der Waals surface area (Å²) >= 11 is 0. The van der Waals surface area contributed by atoms with Crippen LogP contribution >= 0.6 is 0 Å². The van der Waals surface area contributed by atoms with Crippen LogP contribution in [0.3, 0.4) is 0 Å². The molecule has 3 heterocycles. The lowest BCUT2D eigenvalue weighted by Gasteiger charge is -2.28. The van der Waals surface area contributed by atoms with Crippen LogP contribution in [0.4, 0.5) is 0 Å². The third-order valence-electron chi connectivity index (χ3n) is 3.85. The second-order valence-corrected chi connectivity index (χ2v) is 5.48. The van der Waals surface area contributed by atoms with Gasteiger partial charge in [-0.05, 0) is 43.3 Å². The third-order valence-corrected chi connectivity index (χ3v) is 3.85. The molecule has 0 amide bonds. The van der Waals surface area contributed by atoms with Crippen molar-refractivity contribution < 1.29 is 0 Å². The van der Waals surface area contributed by atoms with E-state index in [1.54, 1.807) is 0 Å². The topological polar surface area (TPSA) is 41.9 Å². The molecule has 4 nitrogen and oxygen atoms in total. The van der Waals surface area contributed by atoms with Gasteiger partial charge < -0.3 is 0 Å². The molecule has 0 unspecified atom stereocenters. The molecule has 3 rings (SSSR count). The molecule has 0 aliphatic carbocycles. The lowest BCUT2D eigenvalue weighted by Crippen LogP contribution is -2.27. The fourth-order valence-electron chi connectivity index (χ4n) is 2.54. The molecule has 0 aliphatic heterocycles. The number of aromatic nitrogens is 3. The Labute approximate surface area is 136 Å². The first kappa shape index (κ1) is 15.3. The number of hydrogen-bond acceptors (Lipinski definition) is 4. The van der Waals surface area contributed by atoms with Crippen molar-refractivity contribution in [3.8, 4) is 0 Å². The molecule has 3 aromatic heterocycles. The Bertz CT molecular complexity index is 660. The van der Waals surface area contributed by atoms with Crippen molar-refractivity contribution in [1.82, 2.24) is 19.9 Å². The van der Waals surface area contributed by atoms with E-state index in [4.69, 9.17) is 0 Å². The van der Waals surface area contributed by atoms with Crippen LogP contribution in [-0.2, 0) is 13.1 Å². The summed E-state index contributed by atoms with van der Waals surface area (Å²) in [6.45, 7) is 3.69. The van der Waals surface area contributed by atoms with E-state index in [0.717, 1.165) is 30.2 Å². The van der Waals surface area contributed by atoms with Gasteiger partial charge in [0.25, 0.3) is 0 Å². The quantitative estimate of drug-likeness (QED) is 0.697. The molecular weight excluding hydrogens is 284 g/mol. The molecule has 0 bridgehead atoms. The van der Waals surface area contributed by atoms with E-state index in [1.165, 1.54) is 0 Å². The number of hydrogen-bond donors (Lipinski definition) is 0. The van der Waals surface area contributed by atoms with Crippen LogP contribution in [-0.4, -0.2) is 19.9 Å².